The van der Waals surface area contributed by atoms with Gasteiger partial charge in [0.05, 0.1) is 11.6 Å². The van der Waals surface area contributed by atoms with Crippen LogP contribution in [-0.2, 0) is 9.36 Å². The molecule has 0 bridgehead atoms. The molecule has 0 saturated carbocycles. The van der Waals surface area contributed by atoms with Gasteiger partial charge in [-0.3, -0.25) is 14.3 Å². The minimum atomic E-state index is -3.89. The molecule has 0 aliphatic rings. The van der Waals surface area contributed by atoms with Crippen molar-refractivity contribution in [3.05, 3.63) is 76.8 Å². The Balaban J connectivity index is 2.14. The molecule has 0 saturated heterocycles. The summed E-state index contributed by atoms with van der Waals surface area (Å²) in [6.45, 7) is 4.83. The summed E-state index contributed by atoms with van der Waals surface area (Å²) in [5.41, 5.74) is -0.0761. The SMILES string of the molecule is C=CN(C(=O)C(c1csc2ccc(Cl)cc12)P(C)(=O)O)c1cccc(C#N)c1. The van der Waals surface area contributed by atoms with Crippen molar-refractivity contribution in [2.45, 2.75) is 5.66 Å². The maximum Gasteiger partial charge on any atom is 0.248 e. The Bertz CT molecular complexity index is 1160. The molecule has 1 amide bonds. The second-order valence-corrected chi connectivity index (χ2v) is 9.98. The highest BCUT2D eigenvalue weighted by Crippen LogP contribution is 2.55. The fourth-order valence-electron chi connectivity index (χ4n) is 3.01. The number of benzene rings is 2. The van der Waals surface area contributed by atoms with Crippen LogP contribution in [0.2, 0.25) is 5.02 Å². The monoisotopic (exact) mass is 430 g/mol. The minimum Gasteiger partial charge on any atom is -0.344 e. The van der Waals surface area contributed by atoms with Crippen molar-refractivity contribution in [2.75, 3.05) is 11.6 Å². The van der Waals surface area contributed by atoms with Crippen molar-refractivity contribution in [1.82, 2.24) is 0 Å². The molecule has 142 valence electrons. The molecule has 0 spiro atoms. The number of hydrogen-bond acceptors (Lipinski definition) is 4. The van der Waals surface area contributed by atoms with Crippen LogP contribution in [0.5, 0.6) is 0 Å². The zero-order chi connectivity index (χ0) is 20.5. The van der Waals surface area contributed by atoms with Crippen molar-refractivity contribution in [3.8, 4) is 6.07 Å². The van der Waals surface area contributed by atoms with Crippen LogP contribution in [-0.4, -0.2) is 17.5 Å². The molecule has 1 aromatic heterocycles. The summed E-state index contributed by atoms with van der Waals surface area (Å²) >= 11 is 7.47. The summed E-state index contributed by atoms with van der Waals surface area (Å²) in [6.07, 6.45) is 1.28. The van der Waals surface area contributed by atoms with Crippen LogP contribution in [0, 0.1) is 11.3 Å². The molecule has 3 rings (SSSR count). The van der Waals surface area contributed by atoms with Crippen LogP contribution >= 0.6 is 30.3 Å². The Kier molecular flexibility index (Phi) is 5.74. The molecular formula is C20H16ClN2O3PS. The Labute approximate surface area is 171 Å². The third kappa shape index (κ3) is 3.89. The third-order valence-electron chi connectivity index (χ3n) is 4.25. The number of thiophene rings is 1. The first kappa shape index (κ1) is 20.3. The number of amides is 1. The van der Waals surface area contributed by atoms with Gasteiger partial charge in [0.25, 0.3) is 0 Å². The van der Waals surface area contributed by atoms with Gasteiger partial charge in [0, 0.05) is 28.3 Å². The van der Waals surface area contributed by atoms with E-state index in [9.17, 15) is 14.3 Å². The van der Waals surface area contributed by atoms with Gasteiger partial charge in [-0.1, -0.05) is 24.2 Å². The molecule has 2 unspecified atom stereocenters. The van der Waals surface area contributed by atoms with E-state index >= 15 is 0 Å². The van der Waals surface area contributed by atoms with Gasteiger partial charge >= 0.3 is 0 Å². The molecule has 1 N–H and O–H groups in total. The number of rotatable bonds is 5. The highest BCUT2D eigenvalue weighted by Gasteiger charge is 2.39. The number of carbonyl (C=O) groups excluding carboxylic acids is 1. The average Bonchev–Trinajstić information content (AvgIpc) is 3.04. The first-order valence-corrected chi connectivity index (χ1v) is 11.6. The Morgan fingerprint density at radius 3 is 2.79 bits per heavy atom. The molecule has 0 fully saturated rings. The first-order chi connectivity index (χ1) is 13.3. The van der Waals surface area contributed by atoms with Crippen LogP contribution in [0.3, 0.4) is 0 Å². The van der Waals surface area contributed by atoms with Crippen LogP contribution in [0.15, 0.2) is 60.6 Å². The van der Waals surface area contributed by atoms with Gasteiger partial charge in [-0.05, 0) is 52.7 Å². The molecule has 0 radical (unpaired) electrons. The Hall–Kier alpha value is -2.42. The van der Waals surface area contributed by atoms with Crippen molar-refractivity contribution >= 4 is 52.0 Å². The largest absolute Gasteiger partial charge is 0.344 e. The average molecular weight is 431 g/mol. The molecule has 0 aliphatic heterocycles. The molecule has 1 heterocycles. The topological polar surface area (TPSA) is 81.4 Å². The van der Waals surface area contributed by atoms with E-state index in [4.69, 9.17) is 16.9 Å². The van der Waals surface area contributed by atoms with Crippen molar-refractivity contribution in [2.24, 2.45) is 0 Å². The first-order valence-electron chi connectivity index (χ1n) is 8.18. The van der Waals surface area contributed by atoms with E-state index in [1.54, 1.807) is 35.7 Å². The zero-order valence-electron chi connectivity index (χ0n) is 14.9. The predicted molar refractivity (Wildman–Crippen MR) is 114 cm³/mol. The number of halogens is 1. The Morgan fingerprint density at radius 1 is 1.39 bits per heavy atom. The lowest BCUT2D eigenvalue weighted by molar-refractivity contribution is -0.117. The van der Waals surface area contributed by atoms with Gasteiger partial charge in [-0.15, -0.1) is 11.3 Å². The maximum absolute atomic E-state index is 13.4. The second kappa shape index (κ2) is 7.90. The Morgan fingerprint density at radius 2 is 2.14 bits per heavy atom. The number of carbonyl (C=O) groups is 1. The standard InChI is InChI=1S/C20H16ClN2O3PS/c1-3-23(15-6-4-5-13(9-15)11-22)20(24)19(27(2,25)26)17-12-28-18-8-7-14(21)10-16(17)18/h3-10,12,19H,1H2,2H3,(H,25,26). The summed E-state index contributed by atoms with van der Waals surface area (Å²) in [7, 11) is -3.89. The number of hydrogen-bond donors (Lipinski definition) is 1. The molecule has 2 atom stereocenters. The molecule has 5 nitrogen and oxygen atoms in total. The highest BCUT2D eigenvalue weighted by molar-refractivity contribution is 7.58. The summed E-state index contributed by atoms with van der Waals surface area (Å²) in [5, 5.41) is 12.0. The van der Waals surface area contributed by atoms with E-state index in [-0.39, 0.29) is 0 Å². The van der Waals surface area contributed by atoms with Gasteiger partial charge < -0.3 is 4.89 Å². The zero-order valence-corrected chi connectivity index (χ0v) is 17.3. The lowest BCUT2D eigenvalue weighted by atomic mass is 10.1. The fraction of sp³-hybridized carbons (Fsp3) is 0.100. The van der Waals surface area contributed by atoms with Crippen molar-refractivity contribution in [1.29, 1.82) is 5.26 Å². The quantitative estimate of drug-likeness (QED) is 0.538. The minimum absolute atomic E-state index is 0.366. The van der Waals surface area contributed by atoms with Crippen LogP contribution in [0.1, 0.15) is 16.8 Å². The van der Waals surface area contributed by atoms with E-state index in [1.807, 2.05) is 12.1 Å². The molecule has 8 heteroatoms. The van der Waals surface area contributed by atoms with E-state index in [1.165, 1.54) is 28.5 Å². The molecule has 28 heavy (non-hydrogen) atoms. The van der Waals surface area contributed by atoms with Crippen molar-refractivity contribution < 1.29 is 14.3 Å². The number of fused-ring (bicyclic) bond motifs is 1. The lowest BCUT2D eigenvalue weighted by Gasteiger charge is -2.26. The van der Waals surface area contributed by atoms with E-state index in [0.29, 0.717) is 27.2 Å². The third-order valence-corrected chi connectivity index (χ3v) is 6.92. The van der Waals surface area contributed by atoms with E-state index in [2.05, 4.69) is 6.58 Å². The fourth-order valence-corrected chi connectivity index (χ4v) is 5.51. The molecule has 0 aliphatic carbocycles. The van der Waals surface area contributed by atoms with Crippen LogP contribution < -0.4 is 4.90 Å². The lowest BCUT2D eigenvalue weighted by Crippen LogP contribution is -2.30. The van der Waals surface area contributed by atoms with E-state index < -0.39 is 18.9 Å². The van der Waals surface area contributed by atoms with Crippen molar-refractivity contribution in [3.63, 3.8) is 0 Å². The van der Waals surface area contributed by atoms with Gasteiger partial charge in [0.2, 0.25) is 13.3 Å². The predicted octanol–water partition coefficient (Wildman–Crippen LogP) is 5.54. The molecular weight excluding hydrogens is 415 g/mol. The summed E-state index contributed by atoms with van der Waals surface area (Å²) in [5.74, 6) is -0.599. The van der Waals surface area contributed by atoms with E-state index in [0.717, 1.165) is 11.4 Å². The second-order valence-electron chi connectivity index (χ2n) is 6.23. The van der Waals surface area contributed by atoms with Gasteiger partial charge in [-0.25, -0.2) is 0 Å². The van der Waals surface area contributed by atoms with Crippen LogP contribution in [0.4, 0.5) is 5.69 Å². The summed E-state index contributed by atoms with van der Waals surface area (Å²) < 4.78 is 13.6. The molecule has 2 aromatic carbocycles. The summed E-state index contributed by atoms with van der Waals surface area (Å²) in [4.78, 5) is 25.0. The summed E-state index contributed by atoms with van der Waals surface area (Å²) in [6, 6.07) is 13.7. The van der Waals surface area contributed by atoms with Gasteiger partial charge in [-0.2, -0.15) is 5.26 Å². The smallest absolute Gasteiger partial charge is 0.248 e. The molecule has 3 aromatic rings. The van der Waals surface area contributed by atoms with Gasteiger partial charge in [0.15, 0.2) is 0 Å². The number of nitriles is 1. The highest BCUT2D eigenvalue weighted by atomic mass is 35.5. The number of nitrogens with zero attached hydrogens (tertiary/aromatic N) is 2. The normalized spacial score (nSPS) is 14.1. The van der Waals surface area contributed by atoms with Crippen LogP contribution in [0.25, 0.3) is 10.1 Å². The number of anilines is 1. The maximum atomic E-state index is 13.4. The van der Waals surface area contributed by atoms with Gasteiger partial charge in [0.1, 0.15) is 5.66 Å².